The summed E-state index contributed by atoms with van der Waals surface area (Å²) in [6.07, 6.45) is 3.97. The highest BCUT2D eigenvalue weighted by Gasteiger charge is 2.28. The third-order valence-electron chi connectivity index (χ3n) is 4.30. The maximum Gasteiger partial charge on any atom is 0.405 e. The van der Waals surface area contributed by atoms with Crippen LogP contribution in [0.25, 0.3) is 0 Å². The Labute approximate surface area is 194 Å². The van der Waals surface area contributed by atoms with Gasteiger partial charge in [0.15, 0.2) is 0 Å². The summed E-state index contributed by atoms with van der Waals surface area (Å²) in [6, 6.07) is 6.00. The van der Waals surface area contributed by atoms with Crippen LogP contribution in [0.3, 0.4) is 0 Å². The number of allylic oxidation sites excluding steroid dienone is 5. The van der Waals surface area contributed by atoms with Crippen LogP contribution in [-0.2, 0) is 4.79 Å². The third-order valence-corrected chi connectivity index (χ3v) is 4.30. The Bertz CT molecular complexity index is 937. The van der Waals surface area contributed by atoms with Gasteiger partial charge in [-0.1, -0.05) is 38.1 Å². The molecule has 0 heterocycles. The smallest absolute Gasteiger partial charge is 0.384 e. The van der Waals surface area contributed by atoms with Crippen molar-refractivity contribution in [2.24, 2.45) is 4.99 Å². The van der Waals surface area contributed by atoms with E-state index in [9.17, 15) is 18.0 Å². The van der Waals surface area contributed by atoms with E-state index in [1.807, 2.05) is 51.2 Å². The number of hydrogen-bond acceptors (Lipinski definition) is 4. The lowest BCUT2D eigenvalue weighted by molar-refractivity contribution is -0.136. The number of alkyl halides is 3. The van der Waals surface area contributed by atoms with Crippen LogP contribution in [0.1, 0.15) is 37.8 Å². The van der Waals surface area contributed by atoms with Crippen LogP contribution in [-0.4, -0.2) is 31.4 Å². The Balaban J connectivity index is 3.28. The van der Waals surface area contributed by atoms with Gasteiger partial charge in [0.05, 0.1) is 5.71 Å². The molecule has 0 aliphatic heterocycles. The number of halogens is 3. The molecule has 1 amide bonds. The van der Waals surface area contributed by atoms with Crippen LogP contribution in [0.15, 0.2) is 71.2 Å². The molecule has 0 radical (unpaired) electrons. The highest BCUT2D eigenvalue weighted by atomic mass is 19.4. The fourth-order valence-electron chi connectivity index (χ4n) is 2.96. The van der Waals surface area contributed by atoms with E-state index < -0.39 is 18.6 Å². The van der Waals surface area contributed by atoms with E-state index in [-0.39, 0.29) is 5.70 Å². The first kappa shape index (κ1) is 27.7. The molecule has 8 heteroatoms. The van der Waals surface area contributed by atoms with Gasteiger partial charge in [-0.25, -0.2) is 4.99 Å². The van der Waals surface area contributed by atoms with Gasteiger partial charge in [0.25, 0.3) is 5.91 Å². The summed E-state index contributed by atoms with van der Waals surface area (Å²) >= 11 is 0. The Morgan fingerprint density at radius 3 is 2.33 bits per heavy atom. The van der Waals surface area contributed by atoms with Gasteiger partial charge >= 0.3 is 6.18 Å². The van der Waals surface area contributed by atoms with E-state index in [2.05, 4.69) is 28.3 Å². The molecule has 0 saturated heterocycles. The molecule has 5 nitrogen and oxygen atoms in total. The van der Waals surface area contributed by atoms with Gasteiger partial charge in [-0.15, -0.1) is 0 Å². The first-order chi connectivity index (χ1) is 15.5. The molecule has 3 N–H and O–H groups in total. The number of unbranched alkanes of at least 4 members (excludes halogenated alkanes) is 1. The second-order valence-electron chi connectivity index (χ2n) is 7.50. The monoisotopic (exact) mass is 462 g/mol. The number of rotatable bonds is 11. The Kier molecular flexibility index (Phi) is 11.2. The fourth-order valence-corrected chi connectivity index (χ4v) is 2.96. The minimum Gasteiger partial charge on any atom is -0.384 e. The van der Waals surface area contributed by atoms with Crippen LogP contribution in [0.4, 0.5) is 18.9 Å². The number of hydrogen-bond donors (Lipinski definition) is 3. The summed E-state index contributed by atoms with van der Waals surface area (Å²) in [5, 5.41) is 7.72. The Morgan fingerprint density at radius 2 is 1.82 bits per heavy atom. The summed E-state index contributed by atoms with van der Waals surface area (Å²) in [5.41, 5.74) is 4.13. The third kappa shape index (κ3) is 10.7. The summed E-state index contributed by atoms with van der Waals surface area (Å²) in [4.78, 5) is 16.9. The minimum absolute atomic E-state index is 0.00770. The van der Waals surface area contributed by atoms with Crippen molar-refractivity contribution in [3.63, 3.8) is 0 Å². The SMILES string of the molecule is C=C(/N=C(\C=C/C)C(/C=C(\NC)C(=O)NCC(F)(F)F)=C\CCC)Nc1cc(C)cc(C)c1. The van der Waals surface area contributed by atoms with Crippen LogP contribution in [0.2, 0.25) is 0 Å². The molecule has 1 aromatic rings. The van der Waals surface area contributed by atoms with Gasteiger partial charge in [0, 0.05) is 12.7 Å². The first-order valence-corrected chi connectivity index (χ1v) is 10.7. The van der Waals surface area contributed by atoms with E-state index in [4.69, 9.17) is 0 Å². The maximum absolute atomic E-state index is 12.5. The van der Waals surface area contributed by atoms with Crippen LogP contribution in [0.5, 0.6) is 0 Å². The molecule has 0 fully saturated rings. The molecule has 0 saturated carbocycles. The van der Waals surface area contributed by atoms with Crippen molar-refractivity contribution in [3.05, 3.63) is 77.3 Å². The highest BCUT2D eigenvalue weighted by molar-refractivity contribution is 6.12. The fraction of sp³-hybridized carbons (Fsp3) is 0.360. The molecular formula is C25H33F3N4O. The van der Waals surface area contributed by atoms with Crippen LogP contribution >= 0.6 is 0 Å². The van der Waals surface area contributed by atoms with Crippen molar-refractivity contribution >= 4 is 17.3 Å². The zero-order valence-corrected chi connectivity index (χ0v) is 19.9. The quantitative estimate of drug-likeness (QED) is 0.224. The van der Waals surface area contributed by atoms with Gasteiger partial charge in [-0.05, 0) is 68.2 Å². The van der Waals surface area contributed by atoms with E-state index in [0.717, 1.165) is 23.2 Å². The lowest BCUT2D eigenvalue weighted by Gasteiger charge is -2.13. The van der Waals surface area contributed by atoms with Gasteiger partial charge in [0.1, 0.15) is 18.1 Å². The second kappa shape index (κ2) is 13.3. The minimum atomic E-state index is -4.50. The molecule has 1 aromatic carbocycles. The molecule has 0 aliphatic carbocycles. The van der Waals surface area contributed by atoms with E-state index in [0.29, 0.717) is 23.5 Å². The lowest BCUT2D eigenvalue weighted by atomic mass is 10.1. The Hall–Kier alpha value is -3.29. The number of benzene rings is 1. The van der Waals surface area contributed by atoms with E-state index in [1.165, 1.54) is 13.1 Å². The number of anilines is 1. The average molecular weight is 463 g/mol. The molecule has 0 bridgehead atoms. The Morgan fingerprint density at radius 1 is 1.18 bits per heavy atom. The molecule has 0 aromatic heterocycles. The number of nitrogens with zero attached hydrogens (tertiary/aromatic N) is 1. The molecule has 33 heavy (non-hydrogen) atoms. The van der Waals surface area contributed by atoms with Crippen molar-refractivity contribution in [1.82, 2.24) is 10.6 Å². The highest BCUT2D eigenvalue weighted by Crippen LogP contribution is 2.17. The molecule has 0 aliphatic rings. The summed E-state index contributed by atoms with van der Waals surface area (Å²) in [7, 11) is 1.48. The number of carbonyl (C=O) groups is 1. The predicted octanol–water partition coefficient (Wildman–Crippen LogP) is 5.71. The summed E-state index contributed by atoms with van der Waals surface area (Å²) in [6.45, 7) is 10.4. The molecule has 0 atom stereocenters. The average Bonchev–Trinajstić information content (AvgIpc) is 2.70. The van der Waals surface area contributed by atoms with Crippen molar-refractivity contribution in [1.29, 1.82) is 0 Å². The zero-order chi connectivity index (χ0) is 25.0. The lowest BCUT2D eigenvalue weighted by Crippen LogP contribution is -2.37. The number of amides is 1. The van der Waals surface area contributed by atoms with Crippen LogP contribution < -0.4 is 16.0 Å². The number of aryl methyl sites for hydroxylation is 2. The van der Waals surface area contributed by atoms with Gasteiger partial charge in [-0.3, -0.25) is 4.79 Å². The van der Waals surface area contributed by atoms with Gasteiger partial charge in [0.2, 0.25) is 0 Å². The predicted molar refractivity (Wildman–Crippen MR) is 130 cm³/mol. The number of carbonyl (C=O) groups excluding carboxylic acids is 1. The number of nitrogens with one attached hydrogen (secondary N) is 3. The number of likely N-dealkylation sites (N-methyl/N-ethyl adjacent to an activating group) is 1. The van der Waals surface area contributed by atoms with Crippen molar-refractivity contribution in [3.8, 4) is 0 Å². The summed E-state index contributed by atoms with van der Waals surface area (Å²) in [5.74, 6) is -0.472. The molecule has 180 valence electrons. The van der Waals surface area contributed by atoms with Crippen molar-refractivity contribution < 1.29 is 18.0 Å². The number of aliphatic imine (C=N–C) groups is 1. The van der Waals surface area contributed by atoms with Gasteiger partial charge in [-0.2, -0.15) is 13.2 Å². The largest absolute Gasteiger partial charge is 0.405 e. The molecule has 0 unspecified atom stereocenters. The van der Waals surface area contributed by atoms with Crippen LogP contribution in [0, 0.1) is 13.8 Å². The van der Waals surface area contributed by atoms with E-state index >= 15 is 0 Å². The van der Waals surface area contributed by atoms with Crippen molar-refractivity contribution in [2.45, 2.75) is 46.7 Å². The first-order valence-electron chi connectivity index (χ1n) is 10.7. The van der Waals surface area contributed by atoms with Gasteiger partial charge < -0.3 is 16.0 Å². The second-order valence-corrected chi connectivity index (χ2v) is 7.50. The topological polar surface area (TPSA) is 65.5 Å². The molecular weight excluding hydrogens is 429 g/mol. The molecule has 1 rings (SSSR count). The standard InChI is InChI=1S/C25H33F3N4O/c1-7-9-11-20(15-23(29-6)24(33)30-16-25(26,27)28)22(10-8-2)32-19(5)31-21-13-17(3)12-18(4)14-21/h8,10-15,29,31H,5,7,9,16H2,1-4,6H3,(H,30,33)/b10-8-,20-11-,23-15-,32-22+. The maximum atomic E-state index is 12.5. The van der Waals surface area contributed by atoms with Crippen molar-refractivity contribution in [2.75, 3.05) is 18.9 Å². The normalized spacial score (nSPS) is 13.3. The molecule has 0 spiro atoms. The zero-order valence-electron chi connectivity index (χ0n) is 19.9. The van der Waals surface area contributed by atoms with E-state index in [1.54, 1.807) is 12.2 Å². The summed E-state index contributed by atoms with van der Waals surface area (Å²) < 4.78 is 37.5.